The van der Waals surface area contributed by atoms with Gasteiger partial charge in [0.15, 0.2) is 0 Å². The summed E-state index contributed by atoms with van der Waals surface area (Å²) in [6.07, 6.45) is 4.17. The van der Waals surface area contributed by atoms with Gasteiger partial charge in [-0.2, -0.15) is 0 Å². The van der Waals surface area contributed by atoms with Crippen molar-refractivity contribution in [3.8, 4) is 0 Å². The van der Waals surface area contributed by atoms with Crippen LogP contribution in [0.2, 0.25) is 0 Å². The lowest BCUT2D eigenvalue weighted by atomic mass is 9.97. The van der Waals surface area contributed by atoms with E-state index in [0.29, 0.717) is 0 Å². The maximum atomic E-state index is 10.6. The van der Waals surface area contributed by atoms with E-state index in [1.165, 1.54) is 6.08 Å². The molecule has 1 aromatic heterocycles. The zero-order valence-electron chi connectivity index (χ0n) is 7.91. The first-order valence-corrected chi connectivity index (χ1v) is 5.38. The van der Waals surface area contributed by atoms with Gasteiger partial charge in [-0.05, 0) is 31.8 Å². The van der Waals surface area contributed by atoms with Gasteiger partial charge in [-0.15, -0.1) is 11.3 Å². The van der Waals surface area contributed by atoms with Crippen LogP contribution in [0.1, 0.15) is 28.4 Å². The van der Waals surface area contributed by atoms with Gasteiger partial charge in [-0.25, -0.2) is 9.78 Å². The average molecular weight is 209 g/mol. The van der Waals surface area contributed by atoms with Crippen molar-refractivity contribution in [1.29, 1.82) is 0 Å². The number of hydrogen-bond donors (Lipinski definition) is 1. The molecule has 0 aliphatic heterocycles. The molecule has 4 heteroatoms. The van der Waals surface area contributed by atoms with Gasteiger partial charge in [-0.1, -0.05) is 0 Å². The molecule has 0 amide bonds. The summed E-state index contributed by atoms with van der Waals surface area (Å²) >= 11 is 1.60. The Labute approximate surface area is 86.1 Å². The summed E-state index contributed by atoms with van der Waals surface area (Å²) in [4.78, 5) is 16.1. The van der Waals surface area contributed by atoms with E-state index in [1.807, 2.05) is 6.92 Å². The van der Waals surface area contributed by atoms with E-state index >= 15 is 0 Å². The number of carboxylic acids is 1. The lowest BCUT2D eigenvalue weighted by Crippen LogP contribution is -2.01. The number of rotatable bonds is 1. The second kappa shape index (κ2) is 3.53. The molecule has 0 spiro atoms. The second-order valence-electron chi connectivity index (χ2n) is 3.37. The van der Waals surface area contributed by atoms with Crippen molar-refractivity contribution in [2.24, 2.45) is 0 Å². The number of aromatic nitrogens is 1. The third-order valence-corrected chi connectivity index (χ3v) is 3.34. The molecule has 0 bridgehead atoms. The van der Waals surface area contributed by atoms with Crippen molar-refractivity contribution in [1.82, 2.24) is 4.98 Å². The lowest BCUT2D eigenvalue weighted by molar-refractivity contribution is -0.131. The summed E-state index contributed by atoms with van der Waals surface area (Å²) < 4.78 is 0. The summed E-state index contributed by atoms with van der Waals surface area (Å²) in [5.74, 6) is -0.862. The van der Waals surface area contributed by atoms with Crippen LogP contribution in [0.5, 0.6) is 0 Å². The molecule has 2 rings (SSSR count). The van der Waals surface area contributed by atoms with Gasteiger partial charge in [0.05, 0.1) is 15.6 Å². The Bertz CT molecular complexity index is 406. The molecule has 0 radical (unpaired) electrons. The average Bonchev–Trinajstić information content (AvgIpc) is 2.45. The summed E-state index contributed by atoms with van der Waals surface area (Å²) in [7, 11) is 0. The number of thiazole rings is 1. The molecule has 1 heterocycles. The second-order valence-corrected chi connectivity index (χ2v) is 4.57. The molecule has 1 aromatic rings. The van der Waals surface area contributed by atoms with Gasteiger partial charge in [-0.3, -0.25) is 0 Å². The first-order valence-electron chi connectivity index (χ1n) is 4.57. The van der Waals surface area contributed by atoms with Crippen LogP contribution in [-0.4, -0.2) is 16.1 Å². The minimum absolute atomic E-state index is 0.862. The molecule has 14 heavy (non-hydrogen) atoms. The van der Waals surface area contributed by atoms with Crippen LogP contribution in [0.15, 0.2) is 6.08 Å². The Morgan fingerprint density at radius 1 is 1.57 bits per heavy atom. The Kier molecular flexibility index (Phi) is 2.37. The van der Waals surface area contributed by atoms with Gasteiger partial charge < -0.3 is 5.11 Å². The third-order valence-electron chi connectivity index (χ3n) is 2.25. The maximum Gasteiger partial charge on any atom is 0.328 e. The van der Waals surface area contributed by atoms with Crippen LogP contribution in [-0.2, 0) is 11.2 Å². The summed E-state index contributed by atoms with van der Waals surface area (Å²) in [6, 6.07) is 0. The van der Waals surface area contributed by atoms with Crippen molar-refractivity contribution >= 4 is 22.9 Å². The quantitative estimate of drug-likeness (QED) is 0.722. The van der Waals surface area contributed by atoms with E-state index < -0.39 is 5.97 Å². The zero-order chi connectivity index (χ0) is 10.1. The molecule has 0 atom stereocenters. The van der Waals surface area contributed by atoms with Crippen molar-refractivity contribution in [2.75, 3.05) is 0 Å². The summed E-state index contributed by atoms with van der Waals surface area (Å²) in [5, 5.41) is 9.73. The van der Waals surface area contributed by atoms with E-state index in [4.69, 9.17) is 5.11 Å². The van der Waals surface area contributed by atoms with Gasteiger partial charge in [0, 0.05) is 6.08 Å². The predicted octanol–water partition coefficient (Wildman–Crippen LogP) is 2.26. The van der Waals surface area contributed by atoms with Crippen LogP contribution in [0.3, 0.4) is 0 Å². The number of allylic oxidation sites excluding steroid dienone is 1. The van der Waals surface area contributed by atoms with E-state index in [-0.39, 0.29) is 0 Å². The van der Waals surface area contributed by atoms with Gasteiger partial charge in [0.1, 0.15) is 0 Å². The van der Waals surface area contributed by atoms with Crippen molar-refractivity contribution in [3.63, 3.8) is 0 Å². The molecule has 0 fully saturated rings. The molecule has 74 valence electrons. The van der Waals surface area contributed by atoms with E-state index in [0.717, 1.165) is 40.4 Å². The van der Waals surface area contributed by atoms with E-state index in [1.54, 1.807) is 11.3 Å². The highest BCUT2D eigenvalue weighted by molar-refractivity contribution is 7.12. The molecule has 0 saturated heterocycles. The standard InChI is InChI=1S/C10H11NO2S/c1-6-11-8-4-2-3-7(5-9(12)13)10(8)14-6/h5H,2-4H2,1H3,(H,12,13)/b7-5+. The Morgan fingerprint density at radius 3 is 3.07 bits per heavy atom. The van der Waals surface area contributed by atoms with Gasteiger partial charge in [0.25, 0.3) is 0 Å². The van der Waals surface area contributed by atoms with Crippen LogP contribution in [0.25, 0.3) is 5.57 Å². The highest BCUT2D eigenvalue weighted by atomic mass is 32.1. The third kappa shape index (κ3) is 1.70. The Hall–Kier alpha value is -1.16. The highest BCUT2D eigenvalue weighted by Crippen LogP contribution is 2.34. The van der Waals surface area contributed by atoms with Crippen LogP contribution < -0.4 is 0 Å². The lowest BCUT2D eigenvalue weighted by Gasteiger charge is -2.12. The van der Waals surface area contributed by atoms with E-state index in [9.17, 15) is 4.79 Å². The summed E-state index contributed by atoms with van der Waals surface area (Å²) in [6.45, 7) is 1.96. The van der Waals surface area contributed by atoms with Crippen molar-refractivity contribution in [3.05, 3.63) is 21.7 Å². The molecular formula is C10H11NO2S. The monoisotopic (exact) mass is 209 g/mol. The molecule has 1 N–H and O–H groups in total. The minimum Gasteiger partial charge on any atom is -0.478 e. The number of nitrogens with zero attached hydrogens (tertiary/aromatic N) is 1. The first-order chi connectivity index (χ1) is 6.66. The number of hydrogen-bond acceptors (Lipinski definition) is 3. The Morgan fingerprint density at radius 2 is 2.36 bits per heavy atom. The van der Waals surface area contributed by atoms with Crippen LogP contribution in [0.4, 0.5) is 0 Å². The van der Waals surface area contributed by atoms with Crippen LogP contribution in [0, 0.1) is 6.92 Å². The minimum atomic E-state index is -0.862. The molecule has 1 aliphatic rings. The SMILES string of the molecule is Cc1nc2c(s1)/C(=C/C(=O)O)CCC2. The normalized spacial score (nSPS) is 18.2. The summed E-state index contributed by atoms with van der Waals surface area (Å²) in [5.41, 5.74) is 2.01. The number of fused-ring (bicyclic) bond motifs is 1. The number of carbonyl (C=O) groups is 1. The molecule has 0 unspecified atom stereocenters. The molecule has 0 saturated carbocycles. The Balaban J connectivity index is 2.44. The fraction of sp³-hybridized carbons (Fsp3) is 0.400. The zero-order valence-corrected chi connectivity index (χ0v) is 8.73. The molecule has 3 nitrogen and oxygen atoms in total. The fourth-order valence-corrected chi connectivity index (χ4v) is 2.75. The molecule has 1 aliphatic carbocycles. The predicted molar refractivity (Wildman–Crippen MR) is 55.4 cm³/mol. The maximum absolute atomic E-state index is 10.6. The topological polar surface area (TPSA) is 50.2 Å². The smallest absolute Gasteiger partial charge is 0.328 e. The van der Waals surface area contributed by atoms with Crippen molar-refractivity contribution < 1.29 is 9.90 Å². The fourth-order valence-electron chi connectivity index (χ4n) is 1.74. The number of aliphatic carboxylic acids is 1. The highest BCUT2D eigenvalue weighted by Gasteiger charge is 2.18. The largest absolute Gasteiger partial charge is 0.478 e. The van der Waals surface area contributed by atoms with Crippen molar-refractivity contribution in [2.45, 2.75) is 26.2 Å². The number of aryl methyl sites for hydroxylation is 2. The molecular weight excluding hydrogens is 198 g/mol. The van der Waals surface area contributed by atoms with Crippen LogP contribution >= 0.6 is 11.3 Å². The number of carboxylic acid groups (broad SMARTS) is 1. The van der Waals surface area contributed by atoms with Gasteiger partial charge in [0.2, 0.25) is 0 Å². The molecule has 0 aromatic carbocycles. The first kappa shape index (κ1) is 9.40. The van der Waals surface area contributed by atoms with Gasteiger partial charge >= 0.3 is 5.97 Å². The van der Waals surface area contributed by atoms with E-state index in [2.05, 4.69) is 4.98 Å².